The van der Waals surface area contributed by atoms with Crippen molar-refractivity contribution in [3.05, 3.63) is 58.1 Å². The second kappa shape index (κ2) is 12.2. The topological polar surface area (TPSA) is 43.0 Å². The van der Waals surface area contributed by atoms with E-state index < -0.39 is 0 Å². The van der Waals surface area contributed by atoms with Crippen LogP contribution >= 0.6 is 15.9 Å². The Balaban J connectivity index is 1.51. The zero-order valence-corrected chi connectivity index (χ0v) is 18.7. The van der Waals surface area contributed by atoms with E-state index in [0.29, 0.717) is 13.2 Å². The number of ether oxygens (including phenoxy) is 3. The molecule has 0 unspecified atom stereocenters. The summed E-state index contributed by atoms with van der Waals surface area (Å²) in [6.45, 7) is 9.84. The van der Waals surface area contributed by atoms with Crippen molar-refractivity contribution in [3.63, 3.8) is 0 Å². The fourth-order valence-corrected chi connectivity index (χ4v) is 3.77. The monoisotopic (exact) mass is 462 g/mol. The Bertz CT molecular complexity index is 736. The summed E-state index contributed by atoms with van der Waals surface area (Å²) in [6, 6.07) is 14.3. The van der Waals surface area contributed by atoms with Gasteiger partial charge < -0.3 is 19.5 Å². The summed E-state index contributed by atoms with van der Waals surface area (Å²) in [5.74, 6) is 1.55. The molecule has 1 heterocycles. The summed E-state index contributed by atoms with van der Waals surface area (Å²) >= 11 is 3.69. The van der Waals surface area contributed by atoms with Crippen LogP contribution in [0, 0.1) is 0 Å². The lowest BCUT2D eigenvalue weighted by molar-refractivity contribution is 0.0374. The minimum absolute atomic E-state index is 0.520. The highest BCUT2D eigenvalue weighted by atomic mass is 79.9. The van der Waals surface area contributed by atoms with E-state index in [-0.39, 0.29) is 0 Å². The number of nitrogens with one attached hydrogen (secondary N) is 1. The quantitative estimate of drug-likeness (QED) is 0.505. The minimum atomic E-state index is 0.520. The van der Waals surface area contributed by atoms with Gasteiger partial charge in [-0.15, -0.1) is 0 Å². The van der Waals surface area contributed by atoms with Crippen LogP contribution in [-0.2, 0) is 17.9 Å². The lowest BCUT2D eigenvalue weighted by Gasteiger charge is -2.26. The van der Waals surface area contributed by atoms with E-state index in [9.17, 15) is 0 Å². The van der Waals surface area contributed by atoms with Gasteiger partial charge in [-0.3, -0.25) is 4.90 Å². The van der Waals surface area contributed by atoms with Crippen LogP contribution in [0.1, 0.15) is 24.5 Å². The summed E-state index contributed by atoms with van der Waals surface area (Å²) in [7, 11) is 0. The Morgan fingerprint density at radius 2 is 1.83 bits per heavy atom. The summed E-state index contributed by atoms with van der Waals surface area (Å²) < 4.78 is 18.3. The van der Waals surface area contributed by atoms with Crippen LogP contribution in [0.2, 0.25) is 0 Å². The molecule has 0 aromatic heterocycles. The Kier molecular flexibility index (Phi) is 9.28. The van der Waals surface area contributed by atoms with Gasteiger partial charge in [0.2, 0.25) is 0 Å². The number of hydrogen-bond acceptors (Lipinski definition) is 5. The number of rotatable bonds is 11. The van der Waals surface area contributed by atoms with Gasteiger partial charge >= 0.3 is 0 Å². The summed E-state index contributed by atoms with van der Waals surface area (Å²) in [5, 5.41) is 3.54. The number of benzene rings is 2. The number of halogens is 1. The van der Waals surface area contributed by atoms with E-state index in [1.165, 1.54) is 5.56 Å². The van der Waals surface area contributed by atoms with Crippen molar-refractivity contribution < 1.29 is 14.2 Å². The molecule has 2 aromatic carbocycles. The molecule has 0 spiro atoms. The van der Waals surface area contributed by atoms with E-state index >= 15 is 0 Å². The van der Waals surface area contributed by atoms with Crippen LogP contribution in [0.25, 0.3) is 0 Å². The smallest absolute Gasteiger partial charge is 0.162 e. The highest BCUT2D eigenvalue weighted by Gasteiger charge is 2.12. The van der Waals surface area contributed by atoms with Crippen molar-refractivity contribution in [2.24, 2.45) is 0 Å². The van der Waals surface area contributed by atoms with Crippen molar-refractivity contribution in [1.29, 1.82) is 0 Å². The largest absolute Gasteiger partial charge is 0.490 e. The van der Waals surface area contributed by atoms with Crippen LogP contribution in [0.5, 0.6) is 11.5 Å². The standard InChI is InChI=1S/C23H31BrN2O3/c1-2-28-22-15-20(17-25-9-6-10-26-11-13-27-14-12-26)21(24)16-23(22)29-18-19-7-4-3-5-8-19/h3-5,7-8,15-16,25H,2,6,9-14,17-18H2,1H3. The van der Waals surface area contributed by atoms with Gasteiger partial charge in [0.1, 0.15) is 6.61 Å². The lowest BCUT2D eigenvalue weighted by Crippen LogP contribution is -2.37. The first kappa shape index (κ1) is 22.1. The van der Waals surface area contributed by atoms with Gasteiger partial charge in [0.15, 0.2) is 11.5 Å². The lowest BCUT2D eigenvalue weighted by atomic mass is 10.2. The van der Waals surface area contributed by atoms with Crippen molar-refractivity contribution >= 4 is 15.9 Å². The molecule has 29 heavy (non-hydrogen) atoms. The molecule has 1 aliphatic rings. The maximum Gasteiger partial charge on any atom is 0.162 e. The van der Waals surface area contributed by atoms with E-state index in [2.05, 4.69) is 44.3 Å². The fraction of sp³-hybridized carbons (Fsp3) is 0.478. The molecule has 2 aromatic rings. The van der Waals surface area contributed by atoms with Gasteiger partial charge in [-0.1, -0.05) is 46.3 Å². The second-order valence-corrected chi connectivity index (χ2v) is 7.94. The van der Waals surface area contributed by atoms with Gasteiger partial charge in [-0.05, 0) is 49.7 Å². The van der Waals surface area contributed by atoms with Gasteiger partial charge in [-0.2, -0.15) is 0 Å². The van der Waals surface area contributed by atoms with Crippen molar-refractivity contribution in [2.45, 2.75) is 26.5 Å². The average molecular weight is 463 g/mol. The SMILES string of the molecule is CCOc1cc(CNCCCN2CCOCC2)c(Br)cc1OCc1ccccc1. The highest BCUT2D eigenvalue weighted by molar-refractivity contribution is 9.10. The second-order valence-electron chi connectivity index (χ2n) is 7.08. The molecule has 0 aliphatic carbocycles. The van der Waals surface area contributed by atoms with E-state index in [1.54, 1.807) is 0 Å². The van der Waals surface area contributed by atoms with Crippen LogP contribution in [0.3, 0.4) is 0 Å². The van der Waals surface area contributed by atoms with Crippen molar-refractivity contribution in [2.75, 3.05) is 46.0 Å². The Labute approximate surface area is 182 Å². The normalized spacial score (nSPS) is 14.7. The zero-order chi connectivity index (χ0) is 20.3. The summed E-state index contributed by atoms with van der Waals surface area (Å²) in [5.41, 5.74) is 2.31. The molecule has 6 heteroatoms. The molecule has 158 valence electrons. The van der Waals surface area contributed by atoms with Gasteiger partial charge in [0.05, 0.1) is 19.8 Å². The van der Waals surface area contributed by atoms with Crippen LogP contribution in [0.4, 0.5) is 0 Å². The van der Waals surface area contributed by atoms with E-state index in [4.69, 9.17) is 14.2 Å². The zero-order valence-electron chi connectivity index (χ0n) is 17.2. The van der Waals surface area contributed by atoms with E-state index in [0.717, 1.165) is 73.9 Å². The fourth-order valence-electron chi connectivity index (χ4n) is 3.30. The highest BCUT2D eigenvalue weighted by Crippen LogP contribution is 2.34. The third-order valence-corrected chi connectivity index (χ3v) is 5.64. The Hall–Kier alpha value is -1.60. The van der Waals surface area contributed by atoms with Crippen LogP contribution in [0.15, 0.2) is 46.9 Å². The number of nitrogens with zero attached hydrogens (tertiary/aromatic N) is 1. The first-order chi connectivity index (χ1) is 14.3. The third-order valence-electron chi connectivity index (χ3n) is 4.90. The van der Waals surface area contributed by atoms with Gasteiger partial charge in [-0.25, -0.2) is 0 Å². The molecule has 5 nitrogen and oxygen atoms in total. The first-order valence-corrected chi connectivity index (χ1v) is 11.2. The molecule has 1 aliphatic heterocycles. The molecule has 0 radical (unpaired) electrons. The first-order valence-electron chi connectivity index (χ1n) is 10.4. The maximum atomic E-state index is 6.03. The van der Waals surface area contributed by atoms with Crippen LogP contribution < -0.4 is 14.8 Å². The maximum absolute atomic E-state index is 6.03. The predicted molar refractivity (Wildman–Crippen MR) is 120 cm³/mol. The molecule has 1 saturated heterocycles. The molecule has 0 bridgehead atoms. The summed E-state index contributed by atoms with van der Waals surface area (Å²) in [6.07, 6.45) is 1.13. The number of hydrogen-bond donors (Lipinski definition) is 1. The molecule has 0 saturated carbocycles. The number of morpholine rings is 1. The Morgan fingerprint density at radius 3 is 2.59 bits per heavy atom. The molecule has 0 atom stereocenters. The minimum Gasteiger partial charge on any atom is -0.490 e. The molecule has 1 fully saturated rings. The van der Waals surface area contributed by atoms with Gasteiger partial charge in [0, 0.05) is 24.1 Å². The molecule has 0 amide bonds. The van der Waals surface area contributed by atoms with E-state index in [1.807, 2.05) is 31.2 Å². The molecular weight excluding hydrogens is 432 g/mol. The van der Waals surface area contributed by atoms with Crippen LogP contribution in [-0.4, -0.2) is 50.9 Å². The molecule has 1 N–H and O–H groups in total. The van der Waals surface area contributed by atoms with Crippen molar-refractivity contribution in [3.8, 4) is 11.5 Å². The predicted octanol–water partition coefficient (Wildman–Crippen LogP) is 4.24. The average Bonchev–Trinajstić information content (AvgIpc) is 2.76. The molecular formula is C23H31BrN2O3. The summed E-state index contributed by atoms with van der Waals surface area (Å²) in [4.78, 5) is 2.47. The molecule has 3 rings (SSSR count). The van der Waals surface area contributed by atoms with Gasteiger partial charge in [0.25, 0.3) is 0 Å². The Morgan fingerprint density at radius 1 is 1.07 bits per heavy atom. The third kappa shape index (κ3) is 7.30. The van der Waals surface area contributed by atoms with Crippen molar-refractivity contribution in [1.82, 2.24) is 10.2 Å².